The highest BCUT2D eigenvalue weighted by Gasteiger charge is 2.54. The van der Waals surface area contributed by atoms with Gasteiger partial charge in [0.05, 0.1) is 6.61 Å². The average molecular weight is 967 g/mol. The standard InChI is InChI=1S/C47H84O16P2/c1-3-5-7-9-11-13-15-17-19-20-22-24-26-28-30-32-34-36-41(49)61-39(37-59-40(48)35-33-31-29-27-25-23-21-18-16-14-12-10-8-6-4-2)38-60-65(57,58)63-47-44(52)42(50)43(51)46(45(47)53)62-64(54,55)56/h11,13,17-19,21-22,24,39,42-47,50-53H,3-10,12,14-16,20,23,25-38H2,1-2H3,(H,57,58)(H2,54,55,56)/b13-11-,19-17-,21-18-,24-22-/t39-,42?,43?,44?,45?,46-,47+/m1/s1. The van der Waals surface area contributed by atoms with Crippen molar-refractivity contribution in [2.24, 2.45) is 0 Å². The van der Waals surface area contributed by atoms with Gasteiger partial charge in [0.1, 0.15) is 43.2 Å². The first-order valence-corrected chi connectivity index (χ1v) is 27.2. The molecule has 0 aliphatic heterocycles. The fourth-order valence-corrected chi connectivity index (χ4v) is 8.62. The summed E-state index contributed by atoms with van der Waals surface area (Å²) in [5.41, 5.74) is 0. The van der Waals surface area contributed by atoms with Gasteiger partial charge < -0.3 is 44.6 Å². The Labute approximate surface area is 388 Å². The predicted octanol–water partition coefficient (Wildman–Crippen LogP) is 9.29. The monoisotopic (exact) mass is 967 g/mol. The van der Waals surface area contributed by atoms with Crippen LogP contribution < -0.4 is 0 Å². The van der Waals surface area contributed by atoms with E-state index in [-0.39, 0.29) is 12.8 Å². The van der Waals surface area contributed by atoms with Crippen LogP contribution in [0.3, 0.4) is 0 Å². The van der Waals surface area contributed by atoms with Gasteiger partial charge in [0.25, 0.3) is 0 Å². The fraction of sp³-hybridized carbons (Fsp3) is 0.787. The molecule has 18 heteroatoms. The van der Waals surface area contributed by atoms with Crippen molar-refractivity contribution in [3.63, 3.8) is 0 Å². The summed E-state index contributed by atoms with van der Waals surface area (Å²) in [6.45, 7) is 3.05. The zero-order chi connectivity index (χ0) is 48.2. The molecule has 5 unspecified atom stereocenters. The number of phosphoric acid groups is 2. The number of ether oxygens (including phenoxy) is 2. The third kappa shape index (κ3) is 32.4. The molecule has 1 saturated carbocycles. The van der Waals surface area contributed by atoms with Crippen molar-refractivity contribution in [2.45, 2.75) is 224 Å². The molecule has 0 aromatic carbocycles. The molecule has 8 atom stereocenters. The van der Waals surface area contributed by atoms with E-state index in [0.717, 1.165) is 83.5 Å². The molecule has 0 amide bonds. The quantitative estimate of drug-likeness (QED) is 0.0131. The molecule has 7 N–H and O–H groups in total. The number of hydrogen-bond acceptors (Lipinski definition) is 13. The SMILES string of the molecule is CCCCC/C=C\C/C=C\C/C=C\CCCCCCC(=O)O[C@H](COC(=O)CCCCCCC/C=C\CCCCCCCC)COP(=O)(O)O[C@H]1C(O)C(O)C(O)[C@@H](OP(=O)(O)O)C1O. The van der Waals surface area contributed by atoms with Gasteiger partial charge in [-0.05, 0) is 77.0 Å². The summed E-state index contributed by atoms with van der Waals surface area (Å²) in [6, 6.07) is 0. The highest BCUT2D eigenvalue weighted by atomic mass is 31.2. The predicted molar refractivity (Wildman–Crippen MR) is 250 cm³/mol. The van der Waals surface area contributed by atoms with Gasteiger partial charge in [-0.15, -0.1) is 0 Å². The van der Waals surface area contributed by atoms with E-state index >= 15 is 0 Å². The average Bonchev–Trinajstić information content (AvgIpc) is 3.26. The molecule has 0 spiro atoms. The second-order valence-electron chi connectivity index (χ2n) is 16.8. The minimum absolute atomic E-state index is 0.0158. The lowest BCUT2D eigenvalue weighted by molar-refractivity contribution is -0.216. The maximum atomic E-state index is 13.0. The van der Waals surface area contributed by atoms with E-state index in [4.69, 9.17) is 18.5 Å². The molecule has 0 aromatic rings. The Kier molecular flexibility index (Phi) is 35.5. The number of hydrogen-bond donors (Lipinski definition) is 7. The van der Waals surface area contributed by atoms with Crippen molar-refractivity contribution in [3.05, 3.63) is 48.6 Å². The van der Waals surface area contributed by atoms with Crippen molar-refractivity contribution in [1.29, 1.82) is 0 Å². The maximum Gasteiger partial charge on any atom is 0.472 e. The molecule has 0 heterocycles. The van der Waals surface area contributed by atoms with Gasteiger partial charge in [0.2, 0.25) is 0 Å². The van der Waals surface area contributed by atoms with E-state index in [2.05, 4.69) is 67.0 Å². The number of aliphatic hydroxyl groups is 4. The molecule has 0 saturated heterocycles. The normalized spacial score (nSPS) is 22.0. The zero-order valence-electron chi connectivity index (χ0n) is 39.2. The number of allylic oxidation sites excluding steroid dienone is 8. The van der Waals surface area contributed by atoms with Gasteiger partial charge in [-0.1, -0.05) is 140 Å². The van der Waals surface area contributed by atoms with Crippen LogP contribution in [0.25, 0.3) is 0 Å². The van der Waals surface area contributed by atoms with Crippen LogP contribution in [0.4, 0.5) is 0 Å². The molecule has 65 heavy (non-hydrogen) atoms. The van der Waals surface area contributed by atoms with Crippen LogP contribution in [0, 0.1) is 0 Å². The van der Waals surface area contributed by atoms with Gasteiger partial charge >= 0.3 is 27.6 Å². The second kappa shape index (κ2) is 37.9. The first kappa shape index (κ1) is 61.0. The van der Waals surface area contributed by atoms with Crippen LogP contribution in [-0.2, 0) is 41.8 Å². The smallest absolute Gasteiger partial charge is 0.462 e. The van der Waals surface area contributed by atoms with Crippen molar-refractivity contribution >= 4 is 27.6 Å². The highest BCUT2D eigenvalue weighted by Crippen LogP contribution is 2.49. The number of unbranched alkanes of at least 4 members (excludes halogenated alkanes) is 18. The van der Waals surface area contributed by atoms with Gasteiger partial charge in [-0.3, -0.25) is 23.2 Å². The molecule has 16 nitrogen and oxygen atoms in total. The maximum absolute atomic E-state index is 13.0. The lowest BCUT2D eigenvalue weighted by Crippen LogP contribution is -2.64. The molecule has 1 aliphatic carbocycles. The van der Waals surface area contributed by atoms with Crippen LogP contribution in [0.5, 0.6) is 0 Å². The summed E-state index contributed by atoms with van der Waals surface area (Å²) < 4.78 is 49.4. The zero-order valence-corrected chi connectivity index (χ0v) is 40.9. The molecule has 1 aliphatic rings. The Morgan fingerprint density at radius 3 is 1.40 bits per heavy atom. The third-order valence-electron chi connectivity index (χ3n) is 10.9. The summed E-state index contributed by atoms with van der Waals surface area (Å²) in [7, 11) is -10.7. The minimum Gasteiger partial charge on any atom is -0.462 e. The third-order valence-corrected chi connectivity index (χ3v) is 12.4. The lowest BCUT2D eigenvalue weighted by atomic mass is 9.85. The van der Waals surface area contributed by atoms with E-state index in [9.17, 15) is 53.8 Å². The van der Waals surface area contributed by atoms with Crippen molar-refractivity contribution in [1.82, 2.24) is 0 Å². The van der Waals surface area contributed by atoms with E-state index in [0.29, 0.717) is 12.8 Å². The van der Waals surface area contributed by atoms with Crippen molar-refractivity contribution in [3.8, 4) is 0 Å². The number of carbonyl (C=O) groups excluding carboxylic acids is 2. The first-order valence-electron chi connectivity index (χ1n) is 24.2. The number of phosphoric ester groups is 2. The fourth-order valence-electron chi connectivity index (χ4n) is 7.09. The van der Waals surface area contributed by atoms with Gasteiger partial charge in [-0.2, -0.15) is 0 Å². The van der Waals surface area contributed by atoms with Crippen LogP contribution >= 0.6 is 15.6 Å². The molecule has 1 fully saturated rings. The molecule has 0 aromatic heterocycles. The minimum atomic E-state index is -5.37. The van der Waals surface area contributed by atoms with E-state index in [1.165, 1.54) is 57.8 Å². The van der Waals surface area contributed by atoms with E-state index < -0.39 is 83.5 Å². The van der Waals surface area contributed by atoms with Crippen LogP contribution in [0.1, 0.15) is 181 Å². The van der Waals surface area contributed by atoms with Gasteiger partial charge in [-0.25, -0.2) is 9.13 Å². The number of aliphatic hydroxyl groups excluding tert-OH is 4. The van der Waals surface area contributed by atoms with Crippen LogP contribution in [0.2, 0.25) is 0 Å². The van der Waals surface area contributed by atoms with E-state index in [1.807, 2.05) is 0 Å². The summed E-state index contributed by atoms with van der Waals surface area (Å²) in [4.78, 5) is 54.3. The summed E-state index contributed by atoms with van der Waals surface area (Å²) in [6.07, 6.45) is 27.8. The topological polar surface area (TPSA) is 256 Å². The molecular formula is C47H84O16P2. The molecule has 0 radical (unpaired) electrons. The van der Waals surface area contributed by atoms with E-state index in [1.54, 1.807) is 0 Å². The van der Waals surface area contributed by atoms with Crippen molar-refractivity contribution in [2.75, 3.05) is 13.2 Å². The second-order valence-corrected chi connectivity index (χ2v) is 19.4. The summed E-state index contributed by atoms with van der Waals surface area (Å²) >= 11 is 0. The van der Waals surface area contributed by atoms with Gasteiger partial charge in [0, 0.05) is 12.8 Å². The summed E-state index contributed by atoms with van der Waals surface area (Å²) in [5.74, 6) is -1.24. The van der Waals surface area contributed by atoms with Crippen LogP contribution in [-0.4, -0.2) is 103 Å². The number of esters is 2. The molecule has 0 bridgehead atoms. The van der Waals surface area contributed by atoms with Crippen molar-refractivity contribution < 1.29 is 76.9 Å². The number of rotatable bonds is 40. The Bertz CT molecular complexity index is 1450. The lowest BCUT2D eigenvalue weighted by Gasteiger charge is -2.43. The Morgan fingerprint density at radius 1 is 0.492 bits per heavy atom. The Balaban J connectivity index is 2.61. The first-order chi connectivity index (χ1) is 31.1. The molecule has 1 rings (SSSR count). The molecule has 378 valence electrons. The summed E-state index contributed by atoms with van der Waals surface area (Å²) in [5, 5.41) is 41.2. The Hall–Kier alpha value is -2.04. The highest BCUT2D eigenvalue weighted by molar-refractivity contribution is 7.47. The van der Waals surface area contributed by atoms with Gasteiger partial charge in [0.15, 0.2) is 6.10 Å². The largest absolute Gasteiger partial charge is 0.472 e. The Morgan fingerprint density at radius 2 is 0.892 bits per heavy atom. The van der Waals surface area contributed by atoms with Crippen LogP contribution in [0.15, 0.2) is 48.6 Å². The molecular weight excluding hydrogens is 882 g/mol. The number of carbonyl (C=O) groups is 2.